The molecule has 1 amide bonds. The monoisotopic (exact) mass is 311 g/mol. The number of rotatable bonds is 5. The molecule has 1 aromatic carbocycles. The van der Waals surface area contributed by atoms with Gasteiger partial charge in [-0.2, -0.15) is 10.1 Å². The van der Waals surface area contributed by atoms with E-state index in [0.29, 0.717) is 23.8 Å². The number of hydrogen-bond acceptors (Lipinski definition) is 5. The van der Waals surface area contributed by atoms with E-state index in [0.717, 1.165) is 11.3 Å². The molecule has 0 radical (unpaired) electrons. The van der Waals surface area contributed by atoms with Crippen molar-refractivity contribution in [3.63, 3.8) is 0 Å². The van der Waals surface area contributed by atoms with Gasteiger partial charge < -0.3 is 9.84 Å². The van der Waals surface area contributed by atoms with E-state index in [9.17, 15) is 4.79 Å². The molecule has 1 atom stereocenters. The van der Waals surface area contributed by atoms with E-state index in [2.05, 4.69) is 25.7 Å². The normalized spacial score (nSPS) is 12.1. The van der Waals surface area contributed by atoms with Gasteiger partial charge in [0.25, 0.3) is 5.91 Å². The van der Waals surface area contributed by atoms with Crippen molar-refractivity contribution in [2.45, 2.75) is 26.3 Å². The number of carbonyl (C=O) groups excluding carboxylic acids is 1. The van der Waals surface area contributed by atoms with Crippen LogP contribution in [0, 0.1) is 6.92 Å². The summed E-state index contributed by atoms with van der Waals surface area (Å²) >= 11 is 0. The summed E-state index contributed by atoms with van der Waals surface area (Å²) in [6.45, 7) is 3.64. The van der Waals surface area contributed by atoms with E-state index < -0.39 is 0 Å². The highest BCUT2D eigenvalue weighted by molar-refractivity contribution is 5.92. The zero-order valence-corrected chi connectivity index (χ0v) is 12.9. The topological polar surface area (TPSA) is 96.7 Å². The van der Waals surface area contributed by atoms with Gasteiger partial charge in [-0.15, -0.1) is 0 Å². The van der Waals surface area contributed by atoms with E-state index in [1.54, 1.807) is 13.0 Å². The third-order valence-electron chi connectivity index (χ3n) is 3.36. The average molecular weight is 311 g/mol. The first-order valence-corrected chi connectivity index (χ1v) is 7.31. The zero-order chi connectivity index (χ0) is 16.2. The standard InChI is InChI=1S/C16H17N5O2/c1-10-8-13(20-19-10)16(22)17-11(2)15-18-14(23-21-15)9-12-6-4-3-5-7-12/h3-8,11H,9H2,1-2H3,(H,17,22)(H,19,20)/t11-/m0/s1. The van der Waals surface area contributed by atoms with Crippen LogP contribution in [0.5, 0.6) is 0 Å². The summed E-state index contributed by atoms with van der Waals surface area (Å²) in [5.74, 6) is 0.677. The largest absolute Gasteiger partial charge is 0.341 e. The summed E-state index contributed by atoms with van der Waals surface area (Å²) in [5, 5.41) is 13.4. The third-order valence-corrected chi connectivity index (χ3v) is 3.36. The van der Waals surface area contributed by atoms with Crippen LogP contribution in [-0.4, -0.2) is 26.2 Å². The number of amides is 1. The van der Waals surface area contributed by atoms with Gasteiger partial charge in [0.1, 0.15) is 5.69 Å². The second kappa shape index (κ2) is 6.43. The first-order valence-electron chi connectivity index (χ1n) is 7.31. The van der Waals surface area contributed by atoms with Crippen molar-refractivity contribution in [2.24, 2.45) is 0 Å². The second-order valence-corrected chi connectivity index (χ2v) is 5.34. The molecule has 0 unspecified atom stereocenters. The number of aromatic nitrogens is 4. The summed E-state index contributed by atoms with van der Waals surface area (Å²) in [6, 6.07) is 11.2. The minimum absolute atomic E-state index is 0.281. The predicted octanol–water partition coefficient (Wildman–Crippen LogP) is 2.18. The lowest BCUT2D eigenvalue weighted by atomic mass is 10.1. The molecule has 0 saturated carbocycles. The highest BCUT2D eigenvalue weighted by atomic mass is 16.5. The van der Waals surface area contributed by atoms with E-state index in [1.807, 2.05) is 37.3 Å². The summed E-state index contributed by atoms with van der Waals surface area (Å²) in [6.07, 6.45) is 0.563. The Morgan fingerprint density at radius 2 is 2.13 bits per heavy atom. The Hall–Kier alpha value is -2.96. The van der Waals surface area contributed by atoms with Gasteiger partial charge in [0.2, 0.25) is 5.89 Å². The van der Waals surface area contributed by atoms with Crippen LogP contribution in [0.4, 0.5) is 0 Å². The molecule has 0 spiro atoms. The molecule has 3 rings (SSSR count). The SMILES string of the molecule is Cc1cc(C(=O)N[C@@H](C)c2noc(Cc3ccccc3)n2)n[nH]1. The molecule has 0 aliphatic heterocycles. The maximum absolute atomic E-state index is 12.1. The number of aryl methyl sites for hydroxylation is 1. The lowest BCUT2D eigenvalue weighted by Crippen LogP contribution is -2.27. The Morgan fingerprint density at radius 1 is 1.35 bits per heavy atom. The molecule has 0 aliphatic rings. The highest BCUT2D eigenvalue weighted by Gasteiger charge is 2.18. The van der Waals surface area contributed by atoms with Gasteiger partial charge in [0, 0.05) is 5.69 Å². The Balaban J connectivity index is 1.64. The molecule has 118 valence electrons. The van der Waals surface area contributed by atoms with Gasteiger partial charge in [-0.3, -0.25) is 9.89 Å². The number of aromatic amines is 1. The van der Waals surface area contributed by atoms with Crippen molar-refractivity contribution < 1.29 is 9.32 Å². The van der Waals surface area contributed by atoms with Gasteiger partial charge in [0.05, 0.1) is 12.5 Å². The number of H-pyrrole nitrogens is 1. The van der Waals surface area contributed by atoms with Crippen LogP contribution in [-0.2, 0) is 6.42 Å². The number of benzene rings is 1. The second-order valence-electron chi connectivity index (χ2n) is 5.34. The molecule has 0 fully saturated rings. The number of nitrogens with zero attached hydrogens (tertiary/aromatic N) is 3. The first-order chi connectivity index (χ1) is 11.1. The Bertz CT molecular complexity index is 794. The lowest BCUT2D eigenvalue weighted by molar-refractivity contribution is 0.0933. The maximum atomic E-state index is 12.1. The van der Waals surface area contributed by atoms with Crippen molar-refractivity contribution in [2.75, 3.05) is 0 Å². The molecule has 23 heavy (non-hydrogen) atoms. The van der Waals surface area contributed by atoms with E-state index >= 15 is 0 Å². The fraction of sp³-hybridized carbons (Fsp3) is 0.250. The minimum Gasteiger partial charge on any atom is -0.341 e. The fourth-order valence-corrected chi connectivity index (χ4v) is 2.16. The molecule has 3 aromatic rings. The molecule has 0 saturated heterocycles. The molecule has 0 bridgehead atoms. The zero-order valence-electron chi connectivity index (χ0n) is 12.9. The van der Waals surface area contributed by atoms with Crippen LogP contribution in [0.2, 0.25) is 0 Å². The van der Waals surface area contributed by atoms with Crippen LogP contribution in [0.25, 0.3) is 0 Å². The van der Waals surface area contributed by atoms with Crippen LogP contribution in [0.1, 0.15) is 46.4 Å². The Kier molecular flexibility index (Phi) is 4.18. The number of carbonyl (C=O) groups is 1. The predicted molar refractivity (Wildman–Crippen MR) is 82.8 cm³/mol. The molecule has 7 heteroatoms. The first kappa shape index (κ1) is 15.0. The Labute approximate surface area is 133 Å². The lowest BCUT2D eigenvalue weighted by Gasteiger charge is -2.07. The maximum Gasteiger partial charge on any atom is 0.272 e. The van der Waals surface area contributed by atoms with Crippen molar-refractivity contribution in [3.05, 3.63) is 65.1 Å². The van der Waals surface area contributed by atoms with Crippen LogP contribution in [0.3, 0.4) is 0 Å². The third kappa shape index (κ3) is 3.63. The highest BCUT2D eigenvalue weighted by Crippen LogP contribution is 2.12. The van der Waals surface area contributed by atoms with Crippen molar-refractivity contribution in [3.8, 4) is 0 Å². The van der Waals surface area contributed by atoms with Gasteiger partial charge >= 0.3 is 0 Å². The van der Waals surface area contributed by atoms with Gasteiger partial charge in [-0.1, -0.05) is 35.5 Å². The molecule has 2 heterocycles. The summed E-state index contributed by atoms with van der Waals surface area (Å²) < 4.78 is 5.25. The fourth-order valence-electron chi connectivity index (χ4n) is 2.16. The van der Waals surface area contributed by atoms with Crippen molar-refractivity contribution in [1.29, 1.82) is 0 Å². The van der Waals surface area contributed by atoms with Crippen LogP contribution < -0.4 is 5.32 Å². The summed E-state index contributed by atoms with van der Waals surface area (Å²) in [7, 11) is 0. The molecule has 2 N–H and O–H groups in total. The number of nitrogens with one attached hydrogen (secondary N) is 2. The Morgan fingerprint density at radius 3 is 2.83 bits per heavy atom. The van der Waals surface area contributed by atoms with Gasteiger partial charge in [-0.25, -0.2) is 0 Å². The smallest absolute Gasteiger partial charge is 0.272 e. The van der Waals surface area contributed by atoms with E-state index in [-0.39, 0.29) is 11.9 Å². The van der Waals surface area contributed by atoms with Crippen molar-refractivity contribution >= 4 is 5.91 Å². The summed E-state index contributed by atoms with van der Waals surface area (Å²) in [5.41, 5.74) is 2.25. The van der Waals surface area contributed by atoms with Gasteiger partial charge in [-0.05, 0) is 25.5 Å². The summed E-state index contributed by atoms with van der Waals surface area (Å²) in [4.78, 5) is 16.4. The van der Waals surface area contributed by atoms with Crippen LogP contribution >= 0.6 is 0 Å². The van der Waals surface area contributed by atoms with E-state index in [4.69, 9.17) is 4.52 Å². The van der Waals surface area contributed by atoms with Crippen molar-refractivity contribution in [1.82, 2.24) is 25.7 Å². The molecule has 2 aromatic heterocycles. The van der Waals surface area contributed by atoms with Crippen LogP contribution in [0.15, 0.2) is 40.9 Å². The van der Waals surface area contributed by atoms with Gasteiger partial charge in [0.15, 0.2) is 5.82 Å². The minimum atomic E-state index is -0.368. The average Bonchev–Trinajstić information content (AvgIpc) is 3.17. The molecule has 0 aliphatic carbocycles. The quantitative estimate of drug-likeness (QED) is 0.753. The molecular formula is C16H17N5O2. The van der Waals surface area contributed by atoms with E-state index in [1.165, 1.54) is 0 Å². The molecular weight excluding hydrogens is 294 g/mol. The number of hydrogen-bond donors (Lipinski definition) is 2. The molecule has 7 nitrogen and oxygen atoms in total.